The van der Waals surface area contributed by atoms with E-state index in [-0.39, 0.29) is 12.5 Å². The maximum atomic E-state index is 11.9. The van der Waals surface area contributed by atoms with E-state index in [1.807, 2.05) is 38.1 Å². The molecule has 0 spiro atoms. The van der Waals surface area contributed by atoms with E-state index in [0.717, 1.165) is 5.56 Å². The number of aryl methyl sites for hydroxylation is 1. The molecule has 0 aromatic heterocycles. The molecule has 1 rings (SSSR count). The Morgan fingerprint density at radius 2 is 2.05 bits per heavy atom. The van der Waals surface area contributed by atoms with Gasteiger partial charge in [0.2, 0.25) is 5.91 Å². The lowest BCUT2D eigenvalue weighted by Crippen LogP contribution is -2.49. The zero-order chi connectivity index (χ0) is 15.0. The predicted octanol–water partition coefficient (Wildman–Crippen LogP) is 1.91. The lowest BCUT2D eigenvalue weighted by atomic mass is 9.99. The smallest absolute Gasteiger partial charge is 0.244 e. The SMILES string of the molecule is COCC(C)(CCO)NC(=O)/C=C/c1ccc(C)cc1. The van der Waals surface area contributed by atoms with Crippen LogP contribution in [0.4, 0.5) is 0 Å². The molecule has 20 heavy (non-hydrogen) atoms. The molecular formula is C16H23NO3. The average Bonchev–Trinajstić information content (AvgIpc) is 2.38. The minimum Gasteiger partial charge on any atom is -0.396 e. The number of hydrogen-bond donors (Lipinski definition) is 2. The van der Waals surface area contributed by atoms with Gasteiger partial charge in [0.25, 0.3) is 0 Å². The van der Waals surface area contributed by atoms with Crippen LogP contribution in [0.2, 0.25) is 0 Å². The molecule has 2 N–H and O–H groups in total. The van der Waals surface area contributed by atoms with E-state index in [0.29, 0.717) is 13.0 Å². The van der Waals surface area contributed by atoms with Crippen molar-refractivity contribution in [2.24, 2.45) is 0 Å². The minimum absolute atomic E-state index is 0.00180. The Kier molecular flexibility index (Phi) is 6.42. The van der Waals surface area contributed by atoms with E-state index in [9.17, 15) is 4.79 Å². The number of benzene rings is 1. The van der Waals surface area contributed by atoms with E-state index in [1.54, 1.807) is 13.2 Å². The molecule has 0 heterocycles. The number of carbonyl (C=O) groups is 1. The van der Waals surface area contributed by atoms with Crippen molar-refractivity contribution >= 4 is 12.0 Å². The van der Waals surface area contributed by atoms with Gasteiger partial charge in [-0.25, -0.2) is 0 Å². The Balaban J connectivity index is 2.63. The first-order chi connectivity index (χ1) is 9.49. The standard InChI is InChI=1S/C16H23NO3/c1-13-4-6-14(7-5-13)8-9-15(19)17-16(2,10-11-18)12-20-3/h4-9,18H,10-12H2,1-3H3,(H,17,19)/b9-8+. The number of amides is 1. The van der Waals surface area contributed by atoms with E-state index in [1.165, 1.54) is 11.6 Å². The molecular weight excluding hydrogens is 254 g/mol. The maximum Gasteiger partial charge on any atom is 0.244 e. The number of carbonyl (C=O) groups excluding carboxylic acids is 1. The summed E-state index contributed by atoms with van der Waals surface area (Å²) in [6, 6.07) is 7.92. The fourth-order valence-electron chi connectivity index (χ4n) is 1.92. The third-order valence-corrected chi connectivity index (χ3v) is 3.06. The number of methoxy groups -OCH3 is 1. The average molecular weight is 277 g/mol. The molecule has 0 saturated carbocycles. The highest BCUT2D eigenvalue weighted by molar-refractivity contribution is 5.92. The molecule has 1 amide bonds. The van der Waals surface area contributed by atoms with Crippen LogP contribution < -0.4 is 5.32 Å². The number of rotatable bonds is 7. The lowest BCUT2D eigenvalue weighted by Gasteiger charge is -2.28. The van der Waals surface area contributed by atoms with Crippen LogP contribution in [0.15, 0.2) is 30.3 Å². The summed E-state index contributed by atoms with van der Waals surface area (Å²) in [6.45, 7) is 4.23. The summed E-state index contributed by atoms with van der Waals surface area (Å²) in [5, 5.41) is 11.9. The van der Waals surface area contributed by atoms with Crippen LogP contribution in [0.25, 0.3) is 6.08 Å². The predicted molar refractivity (Wildman–Crippen MR) is 80.3 cm³/mol. The van der Waals surface area contributed by atoms with Crippen molar-refractivity contribution in [2.45, 2.75) is 25.8 Å². The Bertz CT molecular complexity index is 445. The summed E-state index contributed by atoms with van der Waals surface area (Å²) in [5.41, 5.74) is 1.60. The fraction of sp³-hybridized carbons (Fsp3) is 0.438. The van der Waals surface area contributed by atoms with Crippen molar-refractivity contribution in [2.75, 3.05) is 20.3 Å². The van der Waals surface area contributed by atoms with Gasteiger partial charge in [-0.1, -0.05) is 29.8 Å². The van der Waals surface area contributed by atoms with Crippen molar-refractivity contribution in [1.29, 1.82) is 0 Å². The molecule has 0 aliphatic carbocycles. The molecule has 0 bridgehead atoms. The van der Waals surface area contributed by atoms with Gasteiger partial charge in [-0.3, -0.25) is 4.79 Å². The van der Waals surface area contributed by atoms with Crippen molar-refractivity contribution in [1.82, 2.24) is 5.32 Å². The molecule has 0 saturated heterocycles. The Hall–Kier alpha value is -1.65. The third-order valence-electron chi connectivity index (χ3n) is 3.06. The summed E-state index contributed by atoms with van der Waals surface area (Å²) in [5.74, 6) is -0.196. The van der Waals surface area contributed by atoms with E-state index in [2.05, 4.69) is 5.32 Å². The summed E-state index contributed by atoms with van der Waals surface area (Å²) in [7, 11) is 1.57. The zero-order valence-corrected chi connectivity index (χ0v) is 12.3. The quantitative estimate of drug-likeness (QED) is 0.749. The topological polar surface area (TPSA) is 58.6 Å². The van der Waals surface area contributed by atoms with Crippen molar-refractivity contribution < 1.29 is 14.6 Å². The summed E-state index contributed by atoms with van der Waals surface area (Å²) >= 11 is 0. The van der Waals surface area contributed by atoms with Gasteiger partial charge in [-0.15, -0.1) is 0 Å². The number of aliphatic hydroxyl groups is 1. The van der Waals surface area contributed by atoms with Crippen LogP contribution in [0.3, 0.4) is 0 Å². The van der Waals surface area contributed by atoms with Crippen molar-refractivity contribution in [3.63, 3.8) is 0 Å². The number of nitrogens with one attached hydrogen (secondary N) is 1. The molecule has 4 heteroatoms. The third kappa shape index (κ3) is 5.55. The molecule has 0 radical (unpaired) electrons. The molecule has 110 valence electrons. The highest BCUT2D eigenvalue weighted by Crippen LogP contribution is 2.10. The summed E-state index contributed by atoms with van der Waals surface area (Å²) in [4.78, 5) is 11.9. The molecule has 1 atom stereocenters. The second-order valence-electron chi connectivity index (χ2n) is 5.20. The van der Waals surface area contributed by atoms with Gasteiger partial charge in [0.1, 0.15) is 0 Å². The van der Waals surface area contributed by atoms with Crippen LogP contribution >= 0.6 is 0 Å². The van der Waals surface area contributed by atoms with E-state index in [4.69, 9.17) is 9.84 Å². The molecule has 0 aliphatic rings. The van der Waals surface area contributed by atoms with Crippen molar-refractivity contribution in [3.05, 3.63) is 41.5 Å². The normalized spacial score (nSPS) is 14.2. The molecule has 0 aliphatic heterocycles. The van der Waals surface area contributed by atoms with Crippen LogP contribution in [-0.4, -0.2) is 36.9 Å². The zero-order valence-electron chi connectivity index (χ0n) is 12.3. The Labute approximate surface area is 120 Å². The molecule has 1 unspecified atom stereocenters. The van der Waals surface area contributed by atoms with Gasteiger partial charge in [0.15, 0.2) is 0 Å². The second kappa shape index (κ2) is 7.82. The summed E-state index contributed by atoms with van der Waals surface area (Å²) in [6.07, 6.45) is 3.71. The van der Waals surface area contributed by atoms with Crippen LogP contribution in [0.1, 0.15) is 24.5 Å². The largest absolute Gasteiger partial charge is 0.396 e. The van der Waals surface area contributed by atoms with Gasteiger partial charge >= 0.3 is 0 Å². The molecule has 1 aromatic carbocycles. The Morgan fingerprint density at radius 1 is 1.40 bits per heavy atom. The van der Waals surface area contributed by atoms with Gasteiger partial charge in [-0.05, 0) is 31.9 Å². The van der Waals surface area contributed by atoms with E-state index < -0.39 is 5.54 Å². The van der Waals surface area contributed by atoms with E-state index >= 15 is 0 Å². The first-order valence-electron chi connectivity index (χ1n) is 6.66. The number of ether oxygens (including phenoxy) is 1. The molecule has 1 aromatic rings. The van der Waals surface area contributed by atoms with Crippen LogP contribution in [0, 0.1) is 6.92 Å². The highest BCUT2D eigenvalue weighted by Gasteiger charge is 2.24. The van der Waals surface area contributed by atoms with Gasteiger partial charge < -0.3 is 15.2 Å². The minimum atomic E-state index is -0.557. The maximum absolute atomic E-state index is 11.9. The first kappa shape index (κ1) is 16.4. The van der Waals surface area contributed by atoms with Gasteiger partial charge in [-0.2, -0.15) is 0 Å². The summed E-state index contributed by atoms with van der Waals surface area (Å²) < 4.78 is 5.09. The number of hydrogen-bond acceptors (Lipinski definition) is 3. The molecule has 0 fully saturated rings. The first-order valence-corrected chi connectivity index (χ1v) is 6.66. The molecule has 4 nitrogen and oxygen atoms in total. The lowest BCUT2D eigenvalue weighted by molar-refractivity contribution is -0.119. The van der Waals surface area contributed by atoms with Crippen molar-refractivity contribution in [3.8, 4) is 0 Å². The Morgan fingerprint density at radius 3 is 2.60 bits per heavy atom. The van der Waals surface area contributed by atoms with Gasteiger partial charge in [0, 0.05) is 19.8 Å². The fourth-order valence-corrected chi connectivity index (χ4v) is 1.92. The van der Waals surface area contributed by atoms with Gasteiger partial charge in [0.05, 0.1) is 12.1 Å². The van der Waals surface area contributed by atoms with Crippen LogP contribution in [-0.2, 0) is 9.53 Å². The highest BCUT2D eigenvalue weighted by atomic mass is 16.5. The second-order valence-corrected chi connectivity index (χ2v) is 5.20. The monoisotopic (exact) mass is 277 g/mol. The van der Waals surface area contributed by atoms with Crippen LogP contribution in [0.5, 0.6) is 0 Å². The number of aliphatic hydroxyl groups excluding tert-OH is 1.